The second kappa shape index (κ2) is 5.59. The molecule has 0 spiro atoms. The molecule has 3 rings (SSSR count). The Morgan fingerprint density at radius 2 is 1.95 bits per heavy atom. The molecule has 1 atom stereocenters. The van der Waals surface area contributed by atoms with Gasteiger partial charge >= 0.3 is 5.97 Å². The molecule has 1 fully saturated rings. The maximum Gasteiger partial charge on any atom is 0.326 e. The Morgan fingerprint density at radius 3 is 2.55 bits per heavy atom. The number of halogens is 1. The van der Waals surface area contributed by atoms with Gasteiger partial charge in [-0.3, -0.25) is 4.79 Å². The van der Waals surface area contributed by atoms with Crippen molar-refractivity contribution in [3.05, 3.63) is 48.0 Å². The van der Waals surface area contributed by atoms with Crippen LogP contribution >= 0.6 is 0 Å². The van der Waals surface area contributed by atoms with Crippen molar-refractivity contribution in [3.8, 4) is 5.69 Å². The Hall–Kier alpha value is -2.70. The van der Waals surface area contributed by atoms with Gasteiger partial charge in [0.25, 0.3) is 5.91 Å². The molecule has 6 nitrogen and oxygen atoms in total. The highest BCUT2D eigenvalue weighted by atomic mass is 19.1. The van der Waals surface area contributed by atoms with Crippen molar-refractivity contribution in [2.24, 2.45) is 5.92 Å². The molecular formula is C15H14FN3O3. The maximum atomic E-state index is 12.9. The van der Waals surface area contributed by atoms with E-state index in [0.717, 1.165) is 12.8 Å². The minimum Gasteiger partial charge on any atom is -0.480 e. The average Bonchev–Trinajstić information content (AvgIpc) is 3.21. The molecule has 1 saturated carbocycles. The molecule has 22 heavy (non-hydrogen) atoms. The second-order valence-electron chi connectivity index (χ2n) is 5.25. The van der Waals surface area contributed by atoms with E-state index in [2.05, 4.69) is 10.4 Å². The number of carbonyl (C=O) groups excluding carboxylic acids is 1. The number of nitrogens with zero attached hydrogens (tertiary/aromatic N) is 2. The number of rotatable bonds is 5. The summed E-state index contributed by atoms with van der Waals surface area (Å²) in [6.07, 6.45) is 3.18. The molecule has 1 unspecified atom stereocenters. The van der Waals surface area contributed by atoms with E-state index < -0.39 is 17.9 Å². The molecule has 7 heteroatoms. The Balaban J connectivity index is 1.74. The summed E-state index contributed by atoms with van der Waals surface area (Å²) >= 11 is 0. The standard InChI is InChI=1S/C15H14FN3O3/c16-10-3-5-11(6-4-10)19-8-7-12(18-19)14(20)17-13(15(21)22)9-1-2-9/h3-9,13H,1-2H2,(H,17,20)(H,21,22). The molecule has 0 radical (unpaired) electrons. The fraction of sp³-hybridized carbons (Fsp3) is 0.267. The molecule has 114 valence electrons. The Labute approximate surface area is 125 Å². The lowest BCUT2D eigenvalue weighted by Gasteiger charge is -2.12. The molecule has 0 bridgehead atoms. The first-order valence-corrected chi connectivity index (χ1v) is 6.90. The van der Waals surface area contributed by atoms with Crippen molar-refractivity contribution in [1.29, 1.82) is 0 Å². The number of carbonyl (C=O) groups is 2. The van der Waals surface area contributed by atoms with Crippen LogP contribution in [0.15, 0.2) is 36.5 Å². The van der Waals surface area contributed by atoms with Gasteiger partial charge in [-0.1, -0.05) is 0 Å². The van der Waals surface area contributed by atoms with E-state index >= 15 is 0 Å². The zero-order valence-corrected chi connectivity index (χ0v) is 11.6. The smallest absolute Gasteiger partial charge is 0.326 e. The van der Waals surface area contributed by atoms with Crippen LogP contribution in [0.3, 0.4) is 0 Å². The topological polar surface area (TPSA) is 84.2 Å². The van der Waals surface area contributed by atoms with Crippen LogP contribution in [0.5, 0.6) is 0 Å². The van der Waals surface area contributed by atoms with Gasteiger partial charge in [0, 0.05) is 6.20 Å². The third-order valence-corrected chi connectivity index (χ3v) is 3.56. The lowest BCUT2D eigenvalue weighted by molar-refractivity contribution is -0.139. The normalized spacial score (nSPS) is 15.3. The quantitative estimate of drug-likeness (QED) is 0.879. The summed E-state index contributed by atoms with van der Waals surface area (Å²) in [4.78, 5) is 23.2. The average molecular weight is 303 g/mol. The summed E-state index contributed by atoms with van der Waals surface area (Å²) in [6, 6.07) is 6.28. The summed E-state index contributed by atoms with van der Waals surface area (Å²) in [5.74, 6) is -1.92. The molecule has 1 heterocycles. The first kappa shape index (κ1) is 14.2. The van der Waals surface area contributed by atoms with E-state index in [4.69, 9.17) is 5.11 Å². The highest BCUT2D eigenvalue weighted by Gasteiger charge is 2.37. The van der Waals surface area contributed by atoms with Crippen molar-refractivity contribution in [3.63, 3.8) is 0 Å². The molecule has 1 aromatic heterocycles. The molecule has 1 aromatic carbocycles. The minimum absolute atomic E-state index is 0.000587. The van der Waals surface area contributed by atoms with Crippen LogP contribution in [-0.2, 0) is 4.79 Å². The van der Waals surface area contributed by atoms with E-state index in [1.807, 2.05) is 0 Å². The first-order valence-electron chi connectivity index (χ1n) is 6.90. The van der Waals surface area contributed by atoms with E-state index in [0.29, 0.717) is 5.69 Å². The maximum absolute atomic E-state index is 12.9. The molecule has 1 aliphatic rings. The van der Waals surface area contributed by atoms with Gasteiger partial charge in [0.05, 0.1) is 5.69 Å². The number of hydrogen-bond donors (Lipinski definition) is 2. The highest BCUT2D eigenvalue weighted by Crippen LogP contribution is 2.32. The van der Waals surface area contributed by atoms with Gasteiger partial charge in [-0.05, 0) is 49.1 Å². The lowest BCUT2D eigenvalue weighted by atomic mass is 10.2. The molecule has 1 aliphatic carbocycles. The number of nitrogens with one attached hydrogen (secondary N) is 1. The van der Waals surface area contributed by atoms with Gasteiger partial charge in [-0.2, -0.15) is 5.10 Å². The number of aliphatic carboxylic acids is 1. The predicted molar refractivity (Wildman–Crippen MR) is 75.1 cm³/mol. The molecule has 0 saturated heterocycles. The van der Waals surface area contributed by atoms with Crippen LogP contribution in [-0.4, -0.2) is 32.8 Å². The van der Waals surface area contributed by atoms with Crippen LogP contribution in [0, 0.1) is 11.7 Å². The first-order chi connectivity index (χ1) is 10.5. The largest absolute Gasteiger partial charge is 0.480 e. The van der Waals surface area contributed by atoms with E-state index in [-0.39, 0.29) is 17.4 Å². The van der Waals surface area contributed by atoms with Crippen molar-refractivity contribution in [1.82, 2.24) is 15.1 Å². The molecule has 1 amide bonds. The zero-order valence-electron chi connectivity index (χ0n) is 11.6. The number of carboxylic acids is 1. The molecule has 2 N–H and O–H groups in total. The Morgan fingerprint density at radius 1 is 1.27 bits per heavy atom. The van der Waals surface area contributed by atoms with Crippen molar-refractivity contribution in [2.45, 2.75) is 18.9 Å². The summed E-state index contributed by atoms with van der Waals surface area (Å²) < 4.78 is 14.3. The van der Waals surface area contributed by atoms with Crippen molar-refractivity contribution in [2.75, 3.05) is 0 Å². The second-order valence-corrected chi connectivity index (χ2v) is 5.25. The van der Waals surface area contributed by atoms with E-state index in [9.17, 15) is 14.0 Å². The third-order valence-electron chi connectivity index (χ3n) is 3.56. The van der Waals surface area contributed by atoms with Crippen LogP contribution in [0.2, 0.25) is 0 Å². The molecule has 0 aliphatic heterocycles. The van der Waals surface area contributed by atoms with Gasteiger partial charge in [0.15, 0.2) is 5.69 Å². The van der Waals surface area contributed by atoms with Crippen LogP contribution in [0.4, 0.5) is 4.39 Å². The van der Waals surface area contributed by atoms with Crippen LogP contribution < -0.4 is 5.32 Å². The zero-order chi connectivity index (χ0) is 15.7. The minimum atomic E-state index is -1.03. The molecule has 2 aromatic rings. The number of carboxylic acid groups (broad SMARTS) is 1. The van der Waals surface area contributed by atoms with Gasteiger partial charge in [-0.15, -0.1) is 0 Å². The summed E-state index contributed by atoms with van der Waals surface area (Å²) in [5.41, 5.74) is 0.730. The lowest BCUT2D eigenvalue weighted by Crippen LogP contribution is -2.42. The van der Waals surface area contributed by atoms with Gasteiger partial charge in [0.1, 0.15) is 11.9 Å². The van der Waals surface area contributed by atoms with Gasteiger partial charge < -0.3 is 10.4 Å². The highest BCUT2D eigenvalue weighted by molar-refractivity contribution is 5.95. The van der Waals surface area contributed by atoms with Gasteiger partial charge in [0.2, 0.25) is 0 Å². The third kappa shape index (κ3) is 2.98. The van der Waals surface area contributed by atoms with Crippen LogP contribution in [0.25, 0.3) is 5.69 Å². The predicted octanol–water partition coefficient (Wildman–Crippen LogP) is 1.60. The summed E-state index contributed by atoms with van der Waals surface area (Å²) in [5, 5.41) is 15.7. The van der Waals surface area contributed by atoms with Crippen molar-refractivity contribution < 1.29 is 19.1 Å². The van der Waals surface area contributed by atoms with Crippen LogP contribution in [0.1, 0.15) is 23.3 Å². The Bertz CT molecular complexity index is 707. The Kier molecular flexibility index (Phi) is 3.62. The number of amides is 1. The van der Waals surface area contributed by atoms with E-state index in [1.165, 1.54) is 35.0 Å². The monoisotopic (exact) mass is 303 g/mol. The van der Waals surface area contributed by atoms with E-state index in [1.54, 1.807) is 6.20 Å². The number of benzene rings is 1. The fourth-order valence-electron chi connectivity index (χ4n) is 2.21. The molecular weight excluding hydrogens is 289 g/mol. The number of aromatic nitrogens is 2. The summed E-state index contributed by atoms with van der Waals surface area (Å²) in [6.45, 7) is 0. The number of hydrogen-bond acceptors (Lipinski definition) is 3. The summed E-state index contributed by atoms with van der Waals surface area (Å²) in [7, 11) is 0. The van der Waals surface area contributed by atoms with Crippen molar-refractivity contribution >= 4 is 11.9 Å². The SMILES string of the molecule is O=C(NC(C(=O)O)C1CC1)c1ccn(-c2ccc(F)cc2)n1. The van der Waals surface area contributed by atoms with Gasteiger partial charge in [-0.25, -0.2) is 13.9 Å². The fourth-order valence-corrected chi connectivity index (χ4v) is 2.21.